The summed E-state index contributed by atoms with van der Waals surface area (Å²) in [6, 6.07) is 0. The largest absolute Gasteiger partial charge is 0.390 e. The lowest BCUT2D eigenvalue weighted by molar-refractivity contribution is -0.128. The van der Waals surface area contributed by atoms with Gasteiger partial charge in [0.2, 0.25) is 5.91 Å². The lowest BCUT2D eigenvalue weighted by atomic mass is 10.3. The van der Waals surface area contributed by atoms with Crippen LogP contribution in [-0.2, 0) is 11.4 Å². The van der Waals surface area contributed by atoms with Crippen LogP contribution in [0.2, 0.25) is 0 Å². The monoisotopic (exact) mass is 294 g/mol. The summed E-state index contributed by atoms with van der Waals surface area (Å²) in [4.78, 5) is 21.0. The predicted molar refractivity (Wildman–Crippen MR) is 78.1 cm³/mol. The lowest BCUT2D eigenvalue weighted by Crippen LogP contribution is -2.34. The molecule has 1 fully saturated rings. The van der Waals surface area contributed by atoms with E-state index >= 15 is 0 Å². The van der Waals surface area contributed by atoms with Crippen molar-refractivity contribution in [3.05, 3.63) is 17.3 Å². The predicted octanol–water partition coefficient (Wildman–Crippen LogP) is 0.947. The molecule has 0 atom stereocenters. The number of hydrogen-bond donors (Lipinski definition) is 1. The topological polar surface area (TPSA) is 61.1 Å². The Morgan fingerprint density at radius 3 is 3.00 bits per heavy atom. The van der Waals surface area contributed by atoms with E-state index in [1.54, 1.807) is 18.3 Å². The zero-order valence-electron chi connectivity index (χ0n) is 11.4. The van der Waals surface area contributed by atoms with Crippen LogP contribution in [0.25, 0.3) is 4.96 Å². The molecular weight excluding hydrogens is 276 g/mol. The molecule has 1 aliphatic rings. The van der Waals surface area contributed by atoms with Gasteiger partial charge in [-0.15, -0.1) is 11.3 Å². The van der Waals surface area contributed by atoms with Crippen molar-refractivity contribution in [2.24, 2.45) is 0 Å². The van der Waals surface area contributed by atoms with Crippen molar-refractivity contribution in [1.82, 2.24) is 14.3 Å². The fraction of sp³-hybridized carbons (Fsp3) is 0.538. The van der Waals surface area contributed by atoms with Crippen LogP contribution in [-0.4, -0.2) is 51.5 Å². The summed E-state index contributed by atoms with van der Waals surface area (Å²) < 4.78 is 1.94. The van der Waals surface area contributed by atoms with Crippen LogP contribution in [0.4, 0.5) is 5.82 Å². The molecular formula is C13H18N4O2S. The van der Waals surface area contributed by atoms with Gasteiger partial charge in [-0.2, -0.15) is 0 Å². The van der Waals surface area contributed by atoms with Gasteiger partial charge in [-0.05, 0) is 6.42 Å². The van der Waals surface area contributed by atoms with E-state index in [4.69, 9.17) is 0 Å². The molecule has 0 saturated carbocycles. The standard InChI is InChI=1S/C13H18N4O2S/c1-10(19)15-3-2-4-16(6-5-15)12-11(9-18)17-7-8-20-13(17)14-12/h7-8,18H,2-6,9H2,1H3. The fourth-order valence-corrected chi connectivity index (χ4v) is 3.39. The molecule has 1 N–H and O–H groups in total. The molecule has 0 aromatic carbocycles. The number of carbonyl (C=O) groups excluding carboxylic acids is 1. The summed E-state index contributed by atoms with van der Waals surface area (Å²) in [5, 5.41) is 11.6. The molecule has 3 heterocycles. The van der Waals surface area contributed by atoms with Gasteiger partial charge in [0.1, 0.15) is 0 Å². The minimum absolute atomic E-state index is 0.0276. The van der Waals surface area contributed by atoms with E-state index in [0.717, 1.165) is 42.5 Å². The Morgan fingerprint density at radius 2 is 2.25 bits per heavy atom. The van der Waals surface area contributed by atoms with Crippen molar-refractivity contribution >= 4 is 28.0 Å². The second-order valence-electron chi connectivity index (χ2n) is 4.94. The van der Waals surface area contributed by atoms with Crippen molar-refractivity contribution in [3.8, 4) is 0 Å². The summed E-state index contributed by atoms with van der Waals surface area (Å²) >= 11 is 1.56. The van der Waals surface area contributed by atoms with E-state index in [1.807, 2.05) is 20.9 Å². The molecule has 2 aromatic rings. The number of nitrogens with zero attached hydrogens (tertiary/aromatic N) is 4. The van der Waals surface area contributed by atoms with Crippen LogP contribution < -0.4 is 4.90 Å². The summed E-state index contributed by atoms with van der Waals surface area (Å²) in [6.07, 6.45) is 2.86. The van der Waals surface area contributed by atoms with Crippen LogP contribution in [0, 0.1) is 0 Å². The number of carbonyl (C=O) groups is 1. The van der Waals surface area contributed by atoms with Gasteiger partial charge in [0.15, 0.2) is 10.8 Å². The van der Waals surface area contributed by atoms with Gasteiger partial charge in [-0.3, -0.25) is 9.20 Å². The highest BCUT2D eigenvalue weighted by Crippen LogP contribution is 2.25. The average Bonchev–Trinajstić information content (AvgIpc) is 2.90. The van der Waals surface area contributed by atoms with Crippen LogP contribution in [0.1, 0.15) is 19.0 Å². The van der Waals surface area contributed by atoms with E-state index in [2.05, 4.69) is 9.88 Å². The van der Waals surface area contributed by atoms with Gasteiger partial charge < -0.3 is 14.9 Å². The normalized spacial score (nSPS) is 16.7. The summed E-state index contributed by atoms with van der Waals surface area (Å²) in [7, 11) is 0. The van der Waals surface area contributed by atoms with Crippen molar-refractivity contribution in [2.45, 2.75) is 20.0 Å². The Labute approximate surface area is 121 Å². The maximum atomic E-state index is 11.5. The number of fused-ring (bicyclic) bond motifs is 1. The number of anilines is 1. The quantitative estimate of drug-likeness (QED) is 0.896. The van der Waals surface area contributed by atoms with E-state index in [-0.39, 0.29) is 12.5 Å². The first-order valence-corrected chi connectivity index (χ1v) is 7.64. The number of aliphatic hydroxyl groups excluding tert-OH is 1. The molecule has 20 heavy (non-hydrogen) atoms. The van der Waals surface area contributed by atoms with Crippen LogP contribution in [0.3, 0.4) is 0 Å². The Hall–Kier alpha value is -1.60. The fourth-order valence-electron chi connectivity index (χ4n) is 2.67. The molecule has 1 aliphatic heterocycles. The zero-order valence-corrected chi connectivity index (χ0v) is 12.3. The minimum Gasteiger partial charge on any atom is -0.390 e. The molecule has 1 saturated heterocycles. The zero-order chi connectivity index (χ0) is 14.1. The number of aliphatic hydroxyl groups is 1. The number of amides is 1. The molecule has 0 unspecified atom stereocenters. The number of imidazole rings is 1. The maximum Gasteiger partial charge on any atom is 0.219 e. The van der Waals surface area contributed by atoms with Crippen LogP contribution >= 0.6 is 11.3 Å². The molecule has 3 rings (SSSR count). The molecule has 1 amide bonds. The van der Waals surface area contributed by atoms with Crippen molar-refractivity contribution < 1.29 is 9.90 Å². The SMILES string of the molecule is CC(=O)N1CCCN(c2nc3sccn3c2CO)CC1. The van der Waals surface area contributed by atoms with E-state index in [9.17, 15) is 9.90 Å². The summed E-state index contributed by atoms with van der Waals surface area (Å²) in [5.74, 6) is 0.977. The number of thiazole rings is 1. The Morgan fingerprint density at radius 1 is 1.40 bits per heavy atom. The Kier molecular flexibility index (Phi) is 3.62. The van der Waals surface area contributed by atoms with E-state index in [1.165, 1.54) is 0 Å². The first kappa shape index (κ1) is 13.4. The van der Waals surface area contributed by atoms with Gasteiger partial charge in [-0.25, -0.2) is 4.98 Å². The maximum absolute atomic E-state index is 11.5. The highest BCUT2D eigenvalue weighted by molar-refractivity contribution is 7.15. The molecule has 7 heteroatoms. The average molecular weight is 294 g/mol. The van der Waals surface area contributed by atoms with Gasteiger partial charge in [0, 0.05) is 44.7 Å². The van der Waals surface area contributed by atoms with E-state index < -0.39 is 0 Å². The summed E-state index contributed by atoms with van der Waals surface area (Å²) in [6.45, 7) is 4.72. The highest BCUT2D eigenvalue weighted by atomic mass is 32.1. The molecule has 0 aliphatic carbocycles. The van der Waals surface area contributed by atoms with Gasteiger partial charge in [0.25, 0.3) is 0 Å². The highest BCUT2D eigenvalue weighted by Gasteiger charge is 2.22. The smallest absolute Gasteiger partial charge is 0.219 e. The van der Waals surface area contributed by atoms with Crippen molar-refractivity contribution in [1.29, 1.82) is 0 Å². The van der Waals surface area contributed by atoms with Crippen molar-refractivity contribution in [2.75, 3.05) is 31.1 Å². The second-order valence-corrected chi connectivity index (χ2v) is 5.82. The van der Waals surface area contributed by atoms with E-state index in [0.29, 0.717) is 6.54 Å². The van der Waals surface area contributed by atoms with Gasteiger partial charge in [-0.1, -0.05) is 0 Å². The van der Waals surface area contributed by atoms with Gasteiger partial charge >= 0.3 is 0 Å². The van der Waals surface area contributed by atoms with Crippen LogP contribution in [0.15, 0.2) is 11.6 Å². The molecule has 0 radical (unpaired) electrons. The minimum atomic E-state index is -0.0276. The Balaban J connectivity index is 1.87. The first-order valence-electron chi connectivity index (χ1n) is 6.76. The van der Waals surface area contributed by atoms with Crippen molar-refractivity contribution in [3.63, 3.8) is 0 Å². The molecule has 6 nitrogen and oxygen atoms in total. The molecule has 0 bridgehead atoms. The molecule has 0 spiro atoms. The molecule has 2 aromatic heterocycles. The third-order valence-corrected chi connectivity index (χ3v) is 4.49. The van der Waals surface area contributed by atoms with Crippen LogP contribution in [0.5, 0.6) is 0 Å². The molecule has 108 valence electrons. The second kappa shape index (κ2) is 5.41. The number of rotatable bonds is 2. The third kappa shape index (κ3) is 2.27. The third-order valence-electron chi connectivity index (χ3n) is 3.73. The first-order chi connectivity index (χ1) is 9.70. The number of aromatic nitrogens is 2. The Bertz CT molecular complexity index is 621. The number of hydrogen-bond acceptors (Lipinski definition) is 5. The lowest BCUT2D eigenvalue weighted by Gasteiger charge is -2.22. The van der Waals surface area contributed by atoms with Gasteiger partial charge in [0.05, 0.1) is 12.3 Å². The summed E-state index contributed by atoms with van der Waals surface area (Å²) in [5.41, 5.74) is 0.831.